The zero-order valence-corrected chi connectivity index (χ0v) is 19.9. The number of nitrogens with two attached hydrogens (primary N) is 2. The van der Waals surface area contributed by atoms with Crippen molar-refractivity contribution >= 4 is 17.6 Å². The van der Waals surface area contributed by atoms with Crippen molar-refractivity contribution < 1.29 is 27.5 Å². The van der Waals surface area contributed by atoms with Gasteiger partial charge in [0.15, 0.2) is 0 Å². The number of benzene rings is 1. The van der Waals surface area contributed by atoms with Crippen molar-refractivity contribution in [2.75, 3.05) is 18.8 Å². The summed E-state index contributed by atoms with van der Waals surface area (Å²) in [6.45, 7) is 0.777. The third-order valence-electron chi connectivity index (χ3n) is 5.91. The highest BCUT2D eigenvalue weighted by Crippen LogP contribution is 2.34. The molecule has 1 aliphatic rings. The summed E-state index contributed by atoms with van der Waals surface area (Å²) in [7, 11) is 0. The number of carbonyl (C=O) groups is 2. The molecule has 0 saturated carbocycles. The van der Waals surface area contributed by atoms with E-state index in [1.54, 1.807) is 23.1 Å². The van der Waals surface area contributed by atoms with Gasteiger partial charge in [-0.1, -0.05) is 6.07 Å². The molecule has 0 unspecified atom stereocenters. The van der Waals surface area contributed by atoms with Gasteiger partial charge in [0.2, 0.25) is 11.8 Å². The third-order valence-corrected chi connectivity index (χ3v) is 5.91. The second kappa shape index (κ2) is 10.6. The Labute approximate surface area is 214 Å². The summed E-state index contributed by atoms with van der Waals surface area (Å²) < 4.78 is 45.7. The summed E-state index contributed by atoms with van der Waals surface area (Å²) in [5, 5.41) is 13.2. The van der Waals surface area contributed by atoms with Crippen molar-refractivity contribution in [1.82, 2.24) is 19.7 Å². The largest absolute Gasteiger partial charge is 0.439 e. The zero-order valence-electron chi connectivity index (χ0n) is 19.9. The summed E-state index contributed by atoms with van der Waals surface area (Å²) in [5.41, 5.74) is 11.5. The number of carbonyl (C=O) groups excluding carboxylic acids is 2. The van der Waals surface area contributed by atoms with Crippen LogP contribution in [0.3, 0.4) is 0 Å². The summed E-state index contributed by atoms with van der Waals surface area (Å²) in [6.07, 6.45) is -1.01. The number of alkyl halides is 3. The predicted molar refractivity (Wildman–Crippen MR) is 130 cm³/mol. The van der Waals surface area contributed by atoms with Crippen molar-refractivity contribution in [3.8, 4) is 29.0 Å². The number of halogens is 3. The molecule has 1 saturated heterocycles. The Morgan fingerprint density at radius 1 is 1.18 bits per heavy atom. The number of aromatic nitrogens is 3. The summed E-state index contributed by atoms with van der Waals surface area (Å²) in [6, 6.07) is 10.9. The Bertz CT molecular complexity index is 1430. The number of hydrogen-bond donors (Lipinski definition) is 2. The number of hydrogen-bond acceptors (Lipinski definition) is 7. The van der Waals surface area contributed by atoms with E-state index < -0.39 is 17.8 Å². The van der Waals surface area contributed by atoms with Gasteiger partial charge in [0.25, 0.3) is 5.91 Å². The molecule has 1 atom stereocenters. The Morgan fingerprint density at radius 2 is 1.92 bits per heavy atom. The number of piperidine rings is 1. The van der Waals surface area contributed by atoms with Gasteiger partial charge in [-0.15, -0.1) is 0 Å². The Kier molecular flexibility index (Phi) is 7.33. The van der Waals surface area contributed by atoms with Crippen molar-refractivity contribution in [1.29, 1.82) is 5.26 Å². The molecule has 38 heavy (non-hydrogen) atoms. The topological polar surface area (TPSA) is 153 Å². The van der Waals surface area contributed by atoms with E-state index in [-0.39, 0.29) is 47.2 Å². The van der Waals surface area contributed by atoms with Crippen LogP contribution in [-0.4, -0.2) is 44.6 Å². The van der Waals surface area contributed by atoms with E-state index in [1.807, 2.05) is 0 Å². The maximum atomic E-state index is 12.9. The SMILES string of the molecule is N#C/C=C/C(=O)N1CCC[C@@H](n2nc(-c3ccc(Oc4cccc(C(F)(F)F)n4)cc3)c(C(N)=O)c2N)C1. The number of anilines is 1. The molecule has 1 aliphatic heterocycles. The number of allylic oxidation sites excluding steroid dienone is 1. The van der Waals surface area contributed by atoms with Gasteiger partial charge in [-0.05, 0) is 43.2 Å². The van der Waals surface area contributed by atoms with Gasteiger partial charge < -0.3 is 21.1 Å². The van der Waals surface area contributed by atoms with Crippen LogP contribution in [-0.2, 0) is 11.0 Å². The molecule has 0 radical (unpaired) electrons. The van der Waals surface area contributed by atoms with Crippen LogP contribution in [0.4, 0.5) is 19.0 Å². The quantitative estimate of drug-likeness (QED) is 0.368. The standard InChI is InChI=1S/C25H22F3N7O3/c26-25(27,28)18-5-1-6-19(32-18)38-17-10-8-15(9-11-17)22-21(24(31)37)23(30)35(33-22)16-4-3-13-34(14-16)20(36)7-2-12-29/h1-2,5-11,16H,3-4,13-14,30H2,(H2,31,37)/b7-2+/t16-/m1/s1. The van der Waals surface area contributed by atoms with Crippen molar-refractivity contribution in [2.45, 2.75) is 25.1 Å². The number of nitriles is 1. The van der Waals surface area contributed by atoms with E-state index in [2.05, 4.69) is 10.1 Å². The second-order valence-electron chi connectivity index (χ2n) is 8.45. The molecule has 4 N–H and O–H groups in total. The van der Waals surface area contributed by atoms with Crippen LogP contribution in [0.15, 0.2) is 54.6 Å². The maximum Gasteiger partial charge on any atom is 0.433 e. The predicted octanol–water partition coefficient (Wildman–Crippen LogP) is 3.68. The van der Waals surface area contributed by atoms with Crippen molar-refractivity contribution in [3.05, 3.63) is 65.9 Å². The lowest BCUT2D eigenvalue weighted by Gasteiger charge is -2.32. The van der Waals surface area contributed by atoms with Crippen LogP contribution in [0, 0.1) is 11.3 Å². The first-order chi connectivity index (χ1) is 18.1. The molecule has 196 valence electrons. The number of ether oxygens (including phenoxy) is 1. The van der Waals surface area contributed by atoms with Gasteiger partial charge in [0, 0.05) is 36.9 Å². The van der Waals surface area contributed by atoms with Crippen LogP contribution >= 0.6 is 0 Å². The first kappa shape index (κ1) is 26.2. The number of amides is 2. The van der Waals surface area contributed by atoms with Gasteiger partial charge in [0.05, 0.1) is 12.1 Å². The van der Waals surface area contributed by atoms with Crippen LogP contribution < -0.4 is 16.2 Å². The normalized spacial score (nSPS) is 15.8. The van der Waals surface area contributed by atoms with Crippen molar-refractivity contribution in [2.24, 2.45) is 5.73 Å². The Morgan fingerprint density at radius 3 is 2.58 bits per heavy atom. The lowest BCUT2D eigenvalue weighted by atomic mass is 10.1. The lowest BCUT2D eigenvalue weighted by molar-refractivity contribution is -0.141. The minimum Gasteiger partial charge on any atom is -0.439 e. The van der Waals surface area contributed by atoms with Crippen LogP contribution in [0.1, 0.15) is 34.9 Å². The molecular formula is C25H22F3N7O3. The molecule has 2 amide bonds. The summed E-state index contributed by atoms with van der Waals surface area (Å²) >= 11 is 0. The number of likely N-dealkylation sites (tertiary alicyclic amines) is 1. The molecule has 0 spiro atoms. The number of primary amides is 1. The van der Waals surface area contributed by atoms with Gasteiger partial charge in [-0.25, -0.2) is 9.67 Å². The van der Waals surface area contributed by atoms with Crippen LogP contribution in [0.25, 0.3) is 11.3 Å². The van der Waals surface area contributed by atoms with Gasteiger partial charge in [-0.3, -0.25) is 9.59 Å². The highest BCUT2D eigenvalue weighted by Gasteiger charge is 2.33. The number of rotatable bonds is 6. The monoisotopic (exact) mass is 525 g/mol. The van der Waals surface area contributed by atoms with E-state index >= 15 is 0 Å². The van der Waals surface area contributed by atoms with E-state index in [1.165, 1.54) is 35.0 Å². The van der Waals surface area contributed by atoms with Crippen LogP contribution in [0.2, 0.25) is 0 Å². The molecule has 1 fully saturated rings. The first-order valence-corrected chi connectivity index (χ1v) is 11.4. The molecule has 2 aromatic heterocycles. The van der Waals surface area contributed by atoms with E-state index in [0.717, 1.165) is 12.1 Å². The Balaban J connectivity index is 1.59. The van der Waals surface area contributed by atoms with E-state index in [0.29, 0.717) is 24.9 Å². The fourth-order valence-corrected chi connectivity index (χ4v) is 4.17. The summed E-state index contributed by atoms with van der Waals surface area (Å²) in [5.74, 6) is -1.09. The average Bonchev–Trinajstić information content (AvgIpc) is 3.24. The molecule has 3 aromatic rings. The molecular weight excluding hydrogens is 503 g/mol. The fraction of sp³-hybridized carbons (Fsp3) is 0.240. The Hall–Kier alpha value is -4.86. The average molecular weight is 525 g/mol. The second-order valence-corrected chi connectivity index (χ2v) is 8.45. The number of pyridine rings is 1. The highest BCUT2D eigenvalue weighted by molar-refractivity contribution is 6.03. The minimum absolute atomic E-state index is 0.00559. The van der Waals surface area contributed by atoms with Gasteiger partial charge in [0.1, 0.15) is 28.5 Å². The van der Waals surface area contributed by atoms with E-state index in [4.69, 9.17) is 21.5 Å². The number of nitrogens with zero attached hydrogens (tertiary/aromatic N) is 5. The molecule has 10 nitrogen and oxygen atoms in total. The number of nitrogen functional groups attached to an aromatic ring is 1. The van der Waals surface area contributed by atoms with Crippen LogP contribution in [0.5, 0.6) is 11.6 Å². The zero-order chi connectivity index (χ0) is 27.4. The lowest BCUT2D eigenvalue weighted by Crippen LogP contribution is -2.40. The van der Waals surface area contributed by atoms with Gasteiger partial charge in [-0.2, -0.15) is 23.5 Å². The van der Waals surface area contributed by atoms with Crippen molar-refractivity contribution in [3.63, 3.8) is 0 Å². The van der Waals surface area contributed by atoms with Gasteiger partial charge >= 0.3 is 6.18 Å². The maximum absolute atomic E-state index is 12.9. The first-order valence-electron chi connectivity index (χ1n) is 11.4. The minimum atomic E-state index is -4.61. The highest BCUT2D eigenvalue weighted by atomic mass is 19.4. The molecule has 4 rings (SSSR count). The smallest absolute Gasteiger partial charge is 0.433 e. The third kappa shape index (κ3) is 5.59. The fourth-order valence-electron chi connectivity index (χ4n) is 4.17. The molecule has 0 bridgehead atoms. The summed E-state index contributed by atoms with van der Waals surface area (Å²) in [4.78, 5) is 29.7. The molecule has 3 heterocycles. The van der Waals surface area contributed by atoms with E-state index in [9.17, 15) is 22.8 Å². The molecule has 13 heteroatoms. The molecule has 1 aromatic carbocycles. The molecule has 0 aliphatic carbocycles.